The number of pyridine rings is 1. The van der Waals surface area contributed by atoms with Crippen LogP contribution in [0.15, 0.2) is 61.1 Å². The van der Waals surface area contributed by atoms with Crippen LogP contribution in [-0.4, -0.2) is 28.5 Å². The minimum atomic E-state index is -0.410. The van der Waals surface area contributed by atoms with Gasteiger partial charge in [0.15, 0.2) is 5.82 Å². The Balaban J connectivity index is 1.78. The van der Waals surface area contributed by atoms with E-state index >= 15 is 0 Å². The van der Waals surface area contributed by atoms with Gasteiger partial charge < -0.3 is 14.6 Å². The Morgan fingerprint density at radius 2 is 1.92 bits per heavy atom. The number of anilines is 1. The Bertz CT molecular complexity index is 933. The molecule has 2 aromatic heterocycles. The average Bonchev–Trinajstić information content (AvgIpc) is 3.17. The number of amides is 1. The first kappa shape index (κ1) is 17.4. The summed E-state index contributed by atoms with van der Waals surface area (Å²) < 4.78 is 6.61. The summed E-state index contributed by atoms with van der Waals surface area (Å²) >= 11 is 0. The van der Waals surface area contributed by atoms with Crippen molar-refractivity contribution in [1.29, 1.82) is 0 Å². The third-order valence-electron chi connectivity index (χ3n) is 3.98. The first-order chi connectivity index (χ1) is 12.6. The number of aryl methyl sites for hydroxylation is 1. The van der Waals surface area contributed by atoms with Crippen LogP contribution in [0.1, 0.15) is 21.5 Å². The quantitative estimate of drug-likeness (QED) is 0.718. The molecular formula is C20H19N3O3. The lowest BCUT2D eigenvalue weighted by Crippen LogP contribution is -2.17. The normalized spacial score (nSPS) is 10.4. The molecule has 0 spiro atoms. The fraction of sp³-hybridized carbons (Fsp3) is 0.150. The topological polar surface area (TPSA) is 73.2 Å². The number of ether oxygens (including phenoxy) is 1. The molecule has 2 heterocycles. The van der Waals surface area contributed by atoms with E-state index < -0.39 is 5.97 Å². The summed E-state index contributed by atoms with van der Waals surface area (Å²) in [7, 11) is 1.34. The van der Waals surface area contributed by atoms with E-state index in [1.165, 1.54) is 7.11 Å². The van der Waals surface area contributed by atoms with Crippen molar-refractivity contribution >= 4 is 17.6 Å². The van der Waals surface area contributed by atoms with Crippen LogP contribution in [0.5, 0.6) is 0 Å². The molecule has 0 atom stereocenters. The highest BCUT2D eigenvalue weighted by atomic mass is 16.5. The lowest BCUT2D eigenvalue weighted by Gasteiger charge is -2.11. The summed E-state index contributed by atoms with van der Waals surface area (Å²) in [4.78, 5) is 28.6. The number of aromatic nitrogens is 2. The molecule has 0 bridgehead atoms. The van der Waals surface area contributed by atoms with Crippen molar-refractivity contribution < 1.29 is 14.3 Å². The maximum absolute atomic E-state index is 12.5. The van der Waals surface area contributed by atoms with Crippen molar-refractivity contribution in [3.8, 4) is 5.82 Å². The van der Waals surface area contributed by atoms with Gasteiger partial charge in [-0.15, -0.1) is 0 Å². The van der Waals surface area contributed by atoms with Crippen LogP contribution in [0.2, 0.25) is 0 Å². The second-order valence-corrected chi connectivity index (χ2v) is 5.83. The fourth-order valence-electron chi connectivity index (χ4n) is 2.66. The van der Waals surface area contributed by atoms with Gasteiger partial charge >= 0.3 is 5.97 Å². The average molecular weight is 349 g/mol. The molecule has 0 saturated heterocycles. The van der Waals surface area contributed by atoms with E-state index in [2.05, 4.69) is 10.3 Å². The van der Waals surface area contributed by atoms with Gasteiger partial charge in [-0.2, -0.15) is 0 Å². The van der Waals surface area contributed by atoms with Crippen LogP contribution < -0.4 is 5.32 Å². The lowest BCUT2D eigenvalue weighted by molar-refractivity contribution is -0.115. The highest BCUT2D eigenvalue weighted by Gasteiger charge is 2.13. The highest BCUT2D eigenvalue weighted by Crippen LogP contribution is 2.18. The zero-order valence-corrected chi connectivity index (χ0v) is 14.6. The number of esters is 1. The van der Waals surface area contributed by atoms with E-state index in [0.29, 0.717) is 17.1 Å². The van der Waals surface area contributed by atoms with E-state index in [1.54, 1.807) is 24.4 Å². The Morgan fingerprint density at radius 1 is 1.15 bits per heavy atom. The molecule has 0 aliphatic rings. The van der Waals surface area contributed by atoms with Crippen LogP contribution >= 0.6 is 0 Å². The molecule has 6 heteroatoms. The Labute approximate surface area is 151 Å². The number of nitrogens with zero attached hydrogens (tertiary/aromatic N) is 2. The molecule has 1 aromatic carbocycles. The van der Waals surface area contributed by atoms with Gasteiger partial charge in [-0.05, 0) is 48.4 Å². The molecule has 1 amide bonds. The molecule has 6 nitrogen and oxygen atoms in total. The maximum Gasteiger partial charge on any atom is 0.338 e. The van der Waals surface area contributed by atoms with Crippen LogP contribution in [0.25, 0.3) is 5.82 Å². The molecule has 132 valence electrons. The number of hydrogen-bond acceptors (Lipinski definition) is 4. The van der Waals surface area contributed by atoms with Crippen molar-refractivity contribution in [2.75, 3.05) is 12.4 Å². The van der Waals surface area contributed by atoms with Crippen molar-refractivity contribution in [3.05, 3.63) is 77.7 Å². The number of rotatable bonds is 5. The molecule has 0 unspecified atom stereocenters. The summed E-state index contributed by atoms with van der Waals surface area (Å²) in [6.07, 6.45) is 5.54. The largest absolute Gasteiger partial charge is 0.465 e. The molecule has 0 fully saturated rings. The van der Waals surface area contributed by atoms with Crippen LogP contribution in [0.3, 0.4) is 0 Å². The molecule has 0 radical (unpaired) electrons. The number of hydrogen-bond donors (Lipinski definition) is 1. The SMILES string of the molecule is COC(=O)c1cc(CC(=O)Nc2cccnc2-n2cccc2)ccc1C. The second kappa shape index (κ2) is 7.65. The molecule has 1 N–H and O–H groups in total. The first-order valence-electron chi connectivity index (χ1n) is 8.14. The monoisotopic (exact) mass is 349 g/mol. The zero-order valence-electron chi connectivity index (χ0n) is 14.6. The van der Waals surface area contributed by atoms with Crippen molar-refractivity contribution in [3.63, 3.8) is 0 Å². The third-order valence-corrected chi connectivity index (χ3v) is 3.98. The minimum Gasteiger partial charge on any atom is -0.465 e. The number of carbonyl (C=O) groups is 2. The van der Waals surface area contributed by atoms with Gasteiger partial charge in [0, 0.05) is 18.6 Å². The molecule has 3 rings (SSSR count). The second-order valence-electron chi connectivity index (χ2n) is 5.83. The maximum atomic E-state index is 12.5. The standard InChI is InChI=1S/C20H19N3O3/c1-14-7-8-15(12-16(14)20(25)26-2)13-18(24)22-17-6-5-9-21-19(17)23-10-3-4-11-23/h3-12H,13H2,1-2H3,(H,22,24). The first-order valence-corrected chi connectivity index (χ1v) is 8.14. The smallest absolute Gasteiger partial charge is 0.338 e. The summed E-state index contributed by atoms with van der Waals surface area (Å²) in [5, 5.41) is 2.89. The van der Waals surface area contributed by atoms with E-state index in [0.717, 1.165) is 11.1 Å². The van der Waals surface area contributed by atoms with E-state index in [-0.39, 0.29) is 12.3 Å². The van der Waals surface area contributed by atoms with Gasteiger partial charge in [0.1, 0.15) is 0 Å². The lowest BCUT2D eigenvalue weighted by atomic mass is 10.0. The molecular weight excluding hydrogens is 330 g/mol. The van der Waals surface area contributed by atoms with Gasteiger partial charge in [0.05, 0.1) is 24.8 Å². The summed E-state index contributed by atoms with van der Waals surface area (Å²) in [6.45, 7) is 1.83. The Hall–Kier alpha value is -3.41. The summed E-state index contributed by atoms with van der Waals surface area (Å²) in [5.74, 6) is 0.0444. The number of benzene rings is 1. The molecule has 0 aliphatic heterocycles. The number of methoxy groups -OCH3 is 1. The van der Waals surface area contributed by atoms with E-state index in [4.69, 9.17) is 4.74 Å². The summed E-state index contributed by atoms with van der Waals surface area (Å²) in [5.41, 5.74) is 2.63. The van der Waals surface area contributed by atoms with E-state index in [1.807, 2.05) is 48.1 Å². The highest BCUT2D eigenvalue weighted by molar-refractivity contribution is 5.95. The Kier molecular flexibility index (Phi) is 5.12. The van der Waals surface area contributed by atoms with E-state index in [9.17, 15) is 9.59 Å². The molecule has 0 saturated carbocycles. The number of carbonyl (C=O) groups excluding carboxylic acids is 2. The predicted octanol–water partition coefficient (Wildman–Crippen LogP) is 3.15. The van der Waals surface area contributed by atoms with Crippen molar-refractivity contribution in [2.24, 2.45) is 0 Å². The Morgan fingerprint density at radius 3 is 2.65 bits per heavy atom. The van der Waals surface area contributed by atoms with Crippen molar-refractivity contribution in [2.45, 2.75) is 13.3 Å². The van der Waals surface area contributed by atoms with Gasteiger partial charge in [-0.25, -0.2) is 9.78 Å². The molecule has 0 aliphatic carbocycles. The fourth-order valence-corrected chi connectivity index (χ4v) is 2.66. The van der Waals surface area contributed by atoms with Crippen LogP contribution in [0.4, 0.5) is 5.69 Å². The molecule has 26 heavy (non-hydrogen) atoms. The van der Waals surface area contributed by atoms with Gasteiger partial charge in [-0.3, -0.25) is 4.79 Å². The zero-order chi connectivity index (χ0) is 18.5. The van der Waals surface area contributed by atoms with Gasteiger partial charge in [-0.1, -0.05) is 12.1 Å². The van der Waals surface area contributed by atoms with Gasteiger partial charge in [0.2, 0.25) is 5.91 Å². The number of nitrogens with one attached hydrogen (secondary N) is 1. The van der Waals surface area contributed by atoms with Gasteiger partial charge in [0.25, 0.3) is 0 Å². The predicted molar refractivity (Wildman–Crippen MR) is 98.4 cm³/mol. The van der Waals surface area contributed by atoms with Crippen LogP contribution in [-0.2, 0) is 16.0 Å². The van der Waals surface area contributed by atoms with Crippen LogP contribution in [0, 0.1) is 6.92 Å². The third kappa shape index (κ3) is 3.80. The summed E-state index contributed by atoms with van der Waals surface area (Å²) in [6, 6.07) is 12.7. The molecule has 3 aromatic rings. The van der Waals surface area contributed by atoms with Crippen molar-refractivity contribution in [1.82, 2.24) is 9.55 Å². The minimum absolute atomic E-state index is 0.143.